The zero-order chi connectivity index (χ0) is 11.3. The molecule has 0 aliphatic rings. The summed E-state index contributed by atoms with van der Waals surface area (Å²) in [5.41, 5.74) is 7.76. The molecule has 0 saturated heterocycles. The molecule has 0 bridgehead atoms. The summed E-state index contributed by atoms with van der Waals surface area (Å²) in [6, 6.07) is 5.90. The Balaban J connectivity index is 2.47. The Kier molecular flexibility index (Phi) is 4.59. The monoisotopic (exact) mass is 209 g/mol. The molecule has 1 atom stereocenters. The van der Waals surface area contributed by atoms with E-state index < -0.39 is 6.10 Å². The first-order valence-electron chi connectivity index (χ1n) is 5.21. The molecule has 1 unspecified atom stereocenters. The second-order valence-corrected chi connectivity index (χ2v) is 3.79. The molecule has 3 heteroatoms. The molecule has 84 valence electrons. The summed E-state index contributed by atoms with van der Waals surface area (Å²) in [6.45, 7) is 4.89. The number of aliphatic hydroxyl groups excluding tert-OH is 1. The Bertz CT molecular complexity index is 312. The van der Waals surface area contributed by atoms with Gasteiger partial charge in [-0.1, -0.05) is 6.07 Å². The van der Waals surface area contributed by atoms with Gasteiger partial charge >= 0.3 is 0 Å². The van der Waals surface area contributed by atoms with Gasteiger partial charge in [0.1, 0.15) is 12.4 Å². The van der Waals surface area contributed by atoms with Crippen molar-refractivity contribution >= 4 is 0 Å². The first kappa shape index (κ1) is 12.0. The van der Waals surface area contributed by atoms with Gasteiger partial charge in [0.05, 0.1) is 6.10 Å². The molecule has 3 nitrogen and oxygen atoms in total. The number of benzene rings is 1. The molecule has 0 spiro atoms. The van der Waals surface area contributed by atoms with Crippen LogP contribution >= 0.6 is 0 Å². The lowest BCUT2D eigenvalue weighted by Crippen LogP contribution is -2.21. The number of nitrogens with two attached hydrogens (primary N) is 1. The molecular formula is C12H19NO2. The molecule has 0 radical (unpaired) electrons. The topological polar surface area (TPSA) is 55.5 Å². The third-order valence-corrected chi connectivity index (χ3v) is 2.42. The van der Waals surface area contributed by atoms with Crippen LogP contribution in [0.3, 0.4) is 0 Å². The van der Waals surface area contributed by atoms with E-state index in [-0.39, 0.29) is 0 Å². The van der Waals surface area contributed by atoms with Crippen molar-refractivity contribution in [1.29, 1.82) is 0 Å². The lowest BCUT2D eigenvalue weighted by Gasteiger charge is -2.12. The van der Waals surface area contributed by atoms with E-state index in [9.17, 15) is 5.11 Å². The minimum absolute atomic E-state index is 0.305. The maximum Gasteiger partial charge on any atom is 0.119 e. The van der Waals surface area contributed by atoms with Gasteiger partial charge in [-0.25, -0.2) is 0 Å². The van der Waals surface area contributed by atoms with Crippen LogP contribution in [0.2, 0.25) is 0 Å². The van der Waals surface area contributed by atoms with Crippen LogP contribution < -0.4 is 10.5 Å². The molecule has 0 aliphatic heterocycles. The van der Waals surface area contributed by atoms with Crippen LogP contribution in [0, 0.1) is 13.8 Å². The molecule has 0 saturated carbocycles. The van der Waals surface area contributed by atoms with E-state index in [4.69, 9.17) is 10.5 Å². The highest BCUT2D eigenvalue weighted by atomic mass is 16.5. The summed E-state index contributed by atoms with van der Waals surface area (Å²) < 4.78 is 5.45. The first-order valence-corrected chi connectivity index (χ1v) is 5.21. The Labute approximate surface area is 90.9 Å². The third-order valence-electron chi connectivity index (χ3n) is 2.42. The van der Waals surface area contributed by atoms with Gasteiger partial charge in [-0.05, 0) is 50.1 Å². The number of rotatable bonds is 5. The van der Waals surface area contributed by atoms with Crippen molar-refractivity contribution in [3.8, 4) is 5.75 Å². The molecule has 0 aliphatic carbocycles. The highest BCUT2D eigenvalue weighted by Crippen LogP contribution is 2.16. The molecule has 0 fully saturated rings. The van der Waals surface area contributed by atoms with Crippen molar-refractivity contribution in [2.75, 3.05) is 13.2 Å². The zero-order valence-electron chi connectivity index (χ0n) is 9.36. The van der Waals surface area contributed by atoms with Gasteiger partial charge in [0.25, 0.3) is 0 Å². The van der Waals surface area contributed by atoms with Gasteiger partial charge in [-0.3, -0.25) is 0 Å². The average molecular weight is 209 g/mol. The molecule has 15 heavy (non-hydrogen) atoms. The van der Waals surface area contributed by atoms with Crippen molar-refractivity contribution in [3.63, 3.8) is 0 Å². The standard InChI is InChI=1S/C12H19NO2/c1-9-3-4-12(7-10(9)2)15-8-11(14)5-6-13/h3-4,7,11,14H,5-6,8,13H2,1-2H3. The molecule has 1 rings (SSSR count). The largest absolute Gasteiger partial charge is 0.491 e. The van der Waals surface area contributed by atoms with Crippen molar-refractivity contribution in [2.24, 2.45) is 5.73 Å². The van der Waals surface area contributed by atoms with Crippen LogP contribution in [0.4, 0.5) is 0 Å². The van der Waals surface area contributed by atoms with Crippen molar-refractivity contribution < 1.29 is 9.84 Å². The van der Waals surface area contributed by atoms with E-state index in [1.54, 1.807) is 0 Å². The van der Waals surface area contributed by atoms with Crippen LogP contribution in [0.25, 0.3) is 0 Å². The fraction of sp³-hybridized carbons (Fsp3) is 0.500. The quantitative estimate of drug-likeness (QED) is 0.770. The van der Waals surface area contributed by atoms with E-state index in [1.807, 2.05) is 25.1 Å². The molecule has 0 amide bonds. The second kappa shape index (κ2) is 5.73. The average Bonchev–Trinajstić information content (AvgIpc) is 2.20. The first-order chi connectivity index (χ1) is 7.13. The Morgan fingerprint density at radius 2 is 2.07 bits per heavy atom. The second-order valence-electron chi connectivity index (χ2n) is 3.79. The van der Waals surface area contributed by atoms with Crippen LogP contribution in [0.5, 0.6) is 5.75 Å². The highest BCUT2D eigenvalue weighted by Gasteiger charge is 2.04. The summed E-state index contributed by atoms with van der Waals surface area (Å²) in [4.78, 5) is 0. The van der Waals surface area contributed by atoms with E-state index in [0.717, 1.165) is 5.75 Å². The molecule has 3 N–H and O–H groups in total. The molecule has 1 aromatic rings. The van der Waals surface area contributed by atoms with Gasteiger partial charge < -0.3 is 15.6 Å². The predicted molar refractivity (Wildman–Crippen MR) is 61.1 cm³/mol. The smallest absolute Gasteiger partial charge is 0.119 e. The zero-order valence-corrected chi connectivity index (χ0v) is 9.36. The number of ether oxygens (including phenoxy) is 1. The minimum atomic E-state index is -0.475. The molecule has 1 aromatic carbocycles. The predicted octanol–water partition coefficient (Wildman–Crippen LogP) is 1.39. The summed E-state index contributed by atoms with van der Waals surface area (Å²) >= 11 is 0. The molecule has 0 heterocycles. The summed E-state index contributed by atoms with van der Waals surface area (Å²) in [5, 5.41) is 9.43. The van der Waals surface area contributed by atoms with Gasteiger partial charge in [0.15, 0.2) is 0 Å². The highest BCUT2D eigenvalue weighted by molar-refractivity contribution is 5.33. The molecular weight excluding hydrogens is 190 g/mol. The number of aryl methyl sites for hydroxylation is 2. The van der Waals surface area contributed by atoms with Crippen LogP contribution in [-0.4, -0.2) is 24.4 Å². The maximum atomic E-state index is 9.43. The van der Waals surface area contributed by atoms with Gasteiger partial charge in [-0.2, -0.15) is 0 Å². The number of hydrogen-bond donors (Lipinski definition) is 2. The normalized spacial score (nSPS) is 12.5. The number of hydrogen-bond acceptors (Lipinski definition) is 3. The fourth-order valence-electron chi connectivity index (χ4n) is 1.27. The minimum Gasteiger partial charge on any atom is -0.491 e. The van der Waals surface area contributed by atoms with E-state index in [2.05, 4.69) is 6.92 Å². The van der Waals surface area contributed by atoms with Crippen molar-refractivity contribution in [2.45, 2.75) is 26.4 Å². The Morgan fingerprint density at radius 3 is 2.67 bits per heavy atom. The van der Waals surface area contributed by atoms with Crippen LogP contribution in [0.1, 0.15) is 17.5 Å². The fourth-order valence-corrected chi connectivity index (χ4v) is 1.27. The lowest BCUT2D eigenvalue weighted by atomic mass is 10.1. The maximum absolute atomic E-state index is 9.43. The SMILES string of the molecule is Cc1ccc(OCC(O)CCN)cc1C. The van der Waals surface area contributed by atoms with Crippen LogP contribution in [-0.2, 0) is 0 Å². The number of aliphatic hydroxyl groups is 1. The van der Waals surface area contributed by atoms with Crippen LogP contribution in [0.15, 0.2) is 18.2 Å². The Hall–Kier alpha value is -1.06. The van der Waals surface area contributed by atoms with Gasteiger partial charge in [-0.15, -0.1) is 0 Å². The summed E-state index contributed by atoms with van der Waals surface area (Å²) in [6.07, 6.45) is 0.0989. The third kappa shape index (κ3) is 3.90. The van der Waals surface area contributed by atoms with E-state index in [1.165, 1.54) is 11.1 Å². The lowest BCUT2D eigenvalue weighted by molar-refractivity contribution is 0.102. The molecule has 0 aromatic heterocycles. The van der Waals surface area contributed by atoms with Gasteiger partial charge in [0, 0.05) is 0 Å². The van der Waals surface area contributed by atoms with E-state index >= 15 is 0 Å². The summed E-state index contributed by atoms with van der Waals surface area (Å²) in [5.74, 6) is 0.800. The van der Waals surface area contributed by atoms with Gasteiger partial charge in [0.2, 0.25) is 0 Å². The van der Waals surface area contributed by atoms with Crippen molar-refractivity contribution in [3.05, 3.63) is 29.3 Å². The summed E-state index contributed by atoms with van der Waals surface area (Å²) in [7, 11) is 0. The van der Waals surface area contributed by atoms with Crippen molar-refractivity contribution in [1.82, 2.24) is 0 Å². The Morgan fingerprint density at radius 1 is 1.33 bits per heavy atom. The van der Waals surface area contributed by atoms with E-state index in [0.29, 0.717) is 19.6 Å².